The van der Waals surface area contributed by atoms with Crippen LogP contribution in [0, 0.1) is 11.8 Å². The van der Waals surface area contributed by atoms with Crippen LogP contribution in [0.3, 0.4) is 0 Å². The Bertz CT molecular complexity index is 538. The first-order chi connectivity index (χ1) is 12.3. The highest BCUT2D eigenvalue weighted by atomic mass is 16.5. The van der Waals surface area contributed by atoms with E-state index in [0.29, 0.717) is 42.2 Å². The van der Waals surface area contributed by atoms with Crippen molar-refractivity contribution < 1.29 is 19.0 Å². The van der Waals surface area contributed by atoms with Crippen LogP contribution in [0.4, 0.5) is 0 Å². The third-order valence-electron chi connectivity index (χ3n) is 3.83. The fourth-order valence-corrected chi connectivity index (χ4v) is 2.93. The average Bonchev–Trinajstić information content (AvgIpc) is 2.57. The van der Waals surface area contributed by atoms with E-state index in [2.05, 4.69) is 37.9 Å². The monoisotopic (exact) mass is 366 g/mol. The zero-order valence-corrected chi connectivity index (χ0v) is 17.2. The lowest BCUT2D eigenvalue weighted by molar-refractivity contribution is -0.122. The minimum atomic E-state index is 0.0139. The van der Waals surface area contributed by atoms with Gasteiger partial charge in [0.1, 0.15) is 0 Å². The Morgan fingerprint density at radius 2 is 1.46 bits per heavy atom. The molecule has 0 unspecified atom stereocenters. The average molecular weight is 367 g/mol. The number of ether oxygens (including phenoxy) is 3. The fourth-order valence-electron chi connectivity index (χ4n) is 2.93. The molecule has 148 valence electrons. The van der Waals surface area contributed by atoms with E-state index < -0.39 is 0 Å². The largest absolute Gasteiger partial charge is 0.493 e. The number of nitrogens with one attached hydrogen (secondary N) is 1. The molecule has 6 nitrogen and oxygen atoms in total. The number of hydrogen-bond donors (Lipinski definition) is 1. The summed E-state index contributed by atoms with van der Waals surface area (Å²) >= 11 is 0. The summed E-state index contributed by atoms with van der Waals surface area (Å²) in [7, 11) is 4.73. The number of carbonyl (C=O) groups is 1. The van der Waals surface area contributed by atoms with Crippen LogP contribution in [0.15, 0.2) is 12.1 Å². The lowest BCUT2D eigenvalue weighted by Gasteiger charge is -2.25. The molecule has 1 aromatic carbocycles. The summed E-state index contributed by atoms with van der Waals surface area (Å²) in [5.41, 5.74) is 0.895. The molecule has 6 heteroatoms. The predicted molar refractivity (Wildman–Crippen MR) is 104 cm³/mol. The molecule has 0 aromatic heterocycles. The van der Waals surface area contributed by atoms with Crippen LogP contribution in [-0.4, -0.2) is 51.8 Å². The number of benzene rings is 1. The van der Waals surface area contributed by atoms with Crippen molar-refractivity contribution in [2.24, 2.45) is 11.8 Å². The molecule has 0 radical (unpaired) electrons. The third-order valence-corrected chi connectivity index (χ3v) is 3.83. The van der Waals surface area contributed by atoms with Crippen LogP contribution in [0.1, 0.15) is 33.3 Å². The molecule has 1 amide bonds. The quantitative estimate of drug-likeness (QED) is 0.652. The van der Waals surface area contributed by atoms with Gasteiger partial charge in [-0.3, -0.25) is 9.69 Å². The van der Waals surface area contributed by atoms with Crippen molar-refractivity contribution >= 4 is 5.91 Å². The van der Waals surface area contributed by atoms with E-state index in [4.69, 9.17) is 14.2 Å². The van der Waals surface area contributed by atoms with Gasteiger partial charge in [-0.15, -0.1) is 0 Å². The Balaban J connectivity index is 2.73. The SMILES string of the molecule is COc1cc(CNC(=O)CN(CC(C)C)CC(C)C)cc(OC)c1OC. The van der Waals surface area contributed by atoms with Gasteiger partial charge in [-0.25, -0.2) is 0 Å². The van der Waals surface area contributed by atoms with Crippen LogP contribution < -0.4 is 19.5 Å². The molecule has 0 aliphatic heterocycles. The smallest absolute Gasteiger partial charge is 0.234 e. The van der Waals surface area contributed by atoms with Crippen LogP contribution in [-0.2, 0) is 11.3 Å². The number of nitrogens with zero attached hydrogens (tertiary/aromatic N) is 1. The Morgan fingerprint density at radius 3 is 1.85 bits per heavy atom. The Labute approximate surface area is 157 Å². The Hall–Kier alpha value is -1.95. The number of rotatable bonds is 11. The van der Waals surface area contributed by atoms with Gasteiger partial charge in [0.25, 0.3) is 0 Å². The molecule has 0 aliphatic carbocycles. The lowest BCUT2D eigenvalue weighted by atomic mass is 10.1. The third kappa shape index (κ3) is 7.12. The second-order valence-corrected chi connectivity index (χ2v) is 7.29. The minimum Gasteiger partial charge on any atom is -0.493 e. The molecule has 1 N–H and O–H groups in total. The number of methoxy groups -OCH3 is 3. The molecular formula is C20H34N2O4. The van der Waals surface area contributed by atoms with Crippen molar-refractivity contribution in [2.75, 3.05) is 41.0 Å². The molecule has 0 atom stereocenters. The van der Waals surface area contributed by atoms with Gasteiger partial charge in [-0.1, -0.05) is 27.7 Å². The number of carbonyl (C=O) groups excluding carboxylic acids is 1. The van der Waals surface area contributed by atoms with Crippen LogP contribution in [0.25, 0.3) is 0 Å². The normalized spacial score (nSPS) is 11.2. The predicted octanol–water partition coefficient (Wildman–Crippen LogP) is 2.94. The summed E-state index contributed by atoms with van der Waals surface area (Å²) in [5.74, 6) is 2.77. The molecule has 0 spiro atoms. The van der Waals surface area contributed by atoms with Gasteiger partial charge in [-0.2, -0.15) is 0 Å². The highest BCUT2D eigenvalue weighted by Gasteiger charge is 2.16. The lowest BCUT2D eigenvalue weighted by Crippen LogP contribution is -2.40. The van der Waals surface area contributed by atoms with Crippen LogP contribution in [0.5, 0.6) is 17.2 Å². The molecule has 26 heavy (non-hydrogen) atoms. The molecule has 0 saturated carbocycles. The summed E-state index contributed by atoms with van der Waals surface area (Å²) in [4.78, 5) is 14.6. The van der Waals surface area contributed by atoms with Crippen LogP contribution >= 0.6 is 0 Å². The number of amides is 1. The first-order valence-corrected chi connectivity index (χ1v) is 9.08. The first kappa shape index (κ1) is 22.1. The van der Waals surface area contributed by atoms with Crippen LogP contribution in [0.2, 0.25) is 0 Å². The molecule has 0 bridgehead atoms. The van der Waals surface area contributed by atoms with E-state index in [1.807, 2.05) is 12.1 Å². The Kier molecular flexibility index (Phi) is 9.27. The van der Waals surface area contributed by atoms with Gasteiger partial charge in [0.2, 0.25) is 11.7 Å². The van der Waals surface area contributed by atoms with E-state index >= 15 is 0 Å². The van der Waals surface area contributed by atoms with E-state index in [0.717, 1.165) is 18.7 Å². The zero-order valence-electron chi connectivity index (χ0n) is 17.2. The van der Waals surface area contributed by atoms with Crippen molar-refractivity contribution in [2.45, 2.75) is 34.2 Å². The van der Waals surface area contributed by atoms with Gasteiger partial charge >= 0.3 is 0 Å². The summed E-state index contributed by atoms with van der Waals surface area (Å²) in [6, 6.07) is 3.70. The van der Waals surface area contributed by atoms with Gasteiger partial charge < -0.3 is 19.5 Å². The summed E-state index contributed by atoms with van der Waals surface area (Å²) in [6.45, 7) is 11.3. The van der Waals surface area contributed by atoms with Crippen molar-refractivity contribution in [3.63, 3.8) is 0 Å². The fraction of sp³-hybridized carbons (Fsp3) is 0.650. The maximum absolute atomic E-state index is 12.4. The van der Waals surface area contributed by atoms with E-state index in [9.17, 15) is 4.79 Å². The topological polar surface area (TPSA) is 60.0 Å². The van der Waals surface area contributed by atoms with Crippen molar-refractivity contribution in [1.29, 1.82) is 0 Å². The maximum atomic E-state index is 12.4. The van der Waals surface area contributed by atoms with Gasteiger partial charge in [0, 0.05) is 19.6 Å². The first-order valence-electron chi connectivity index (χ1n) is 9.08. The van der Waals surface area contributed by atoms with Gasteiger partial charge in [0.05, 0.1) is 27.9 Å². The minimum absolute atomic E-state index is 0.0139. The van der Waals surface area contributed by atoms with E-state index in [1.165, 1.54) is 0 Å². The van der Waals surface area contributed by atoms with Crippen molar-refractivity contribution in [3.8, 4) is 17.2 Å². The number of hydrogen-bond acceptors (Lipinski definition) is 5. The molecule has 1 rings (SSSR count). The molecule has 0 aliphatic rings. The Morgan fingerprint density at radius 1 is 0.962 bits per heavy atom. The van der Waals surface area contributed by atoms with E-state index in [-0.39, 0.29) is 5.91 Å². The standard InChI is InChI=1S/C20H34N2O4/c1-14(2)11-22(12-15(3)4)13-19(23)21-10-16-8-17(24-5)20(26-7)18(9-16)25-6/h8-9,14-15H,10-13H2,1-7H3,(H,21,23). The second kappa shape index (κ2) is 10.9. The van der Waals surface area contributed by atoms with Crippen molar-refractivity contribution in [3.05, 3.63) is 17.7 Å². The summed E-state index contributed by atoms with van der Waals surface area (Å²) in [5, 5.41) is 2.98. The molecule has 0 fully saturated rings. The summed E-state index contributed by atoms with van der Waals surface area (Å²) < 4.78 is 16.0. The van der Waals surface area contributed by atoms with Gasteiger partial charge in [0.15, 0.2) is 11.5 Å². The maximum Gasteiger partial charge on any atom is 0.234 e. The molecule has 1 aromatic rings. The second-order valence-electron chi connectivity index (χ2n) is 7.29. The van der Waals surface area contributed by atoms with Crippen molar-refractivity contribution in [1.82, 2.24) is 10.2 Å². The highest BCUT2D eigenvalue weighted by molar-refractivity contribution is 5.78. The van der Waals surface area contributed by atoms with E-state index in [1.54, 1.807) is 21.3 Å². The van der Waals surface area contributed by atoms with Gasteiger partial charge in [-0.05, 0) is 29.5 Å². The molecule has 0 heterocycles. The highest BCUT2D eigenvalue weighted by Crippen LogP contribution is 2.38. The summed E-state index contributed by atoms with van der Waals surface area (Å²) in [6.07, 6.45) is 0. The molecule has 0 saturated heterocycles. The molecular weight excluding hydrogens is 332 g/mol. The zero-order chi connectivity index (χ0) is 19.7.